The Bertz CT molecular complexity index is 810. The summed E-state index contributed by atoms with van der Waals surface area (Å²) in [6, 6.07) is 10.6. The lowest BCUT2D eigenvalue weighted by Crippen LogP contribution is -2.56. The smallest absolute Gasteiger partial charge is 0.245 e. The summed E-state index contributed by atoms with van der Waals surface area (Å²) in [4.78, 5) is 31.8. The Hall–Kier alpha value is -1.92. The standard InChI is InChI=1S/C29H46N4O2/c1-22(20-30-2)28(34)31-27(25-12-7-4-8-13-25)29(35)33-19-16-24-14-9-17-32(21-26(24)33)18-15-23-10-5-3-6-11-23/h3,5-6,10-11,22,24-27,30H,4,7-9,12-21H2,1-2H3,(H,31,34)/t22-,24-,26-,27+/m1/s1. The maximum atomic E-state index is 14.1. The second-order valence-corrected chi connectivity index (χ2v) is 11.2. The second-order valence-electron chi connectivity index (χ2n) is 11.2. The molecule has 194 valence electrons. The van der Waals surface area contributed by atoms with Gasteiger partial charge in [-0.2, -0.15) is 0 Å². The molecule has 0 aromatic heterocycles. The van der Waals surface area contributed by atoms with Crippen LogP contribution in [0.4, 0.5) is 0 Å². The lowest BCUT2D eigenvalue weighted by molar-refractivity contribution is -0.140. The van der Waals surface area contributed by atoms with Crippen molar-refractivity contribution < 1.29 is 9.59 Å². The lowest BCUT2D eigenvalue weighted by atomic mass is 9.83. The van der Waals surface area contributed by atoms with Gasteiger partial charge in [-0.15, -0.1) is 0 Å². The predicted molar refractivity (Wildman–Crippen MR) is 141 cm³/mol. The van der Waals surface area contributed by atoms with Gasteiger partial charge in [-0.3, -0.25) is 9.59 Å². The number of hydrogen-bond donors (Lipinski definition) is 2. The first-order chi connectivity index (χ1) is 17.1. The maximum Gasteiger partial charge on any atom is 0.245 e. The summed E-state index contributed by atoms with van der Waals surface area (Å²) in [6.07, 6.45) is 10.2. The van der Waals surface area contributed by atoms with E-state index in [1.165, 1.54) is 24.8 Å². The zero-order valence-corrected chi connectivity index (χ0v) is 21.9. The fraction of sp³-hybridized carbons (Fsp3) is 0.724. The number of fused-ring (bicyclic) bond motifs is 1. The van der Waals surface area contributed by atoms with Crippen LogP contribution in [0.5, 0.6) is 0 Å². The number of carbonyl (C=O) groups excluding carboxylic acids is 2. The van der Waals surface area contributed by atoms with Gasteiger partial charge in [-0.05, 0) is 69.5 Å². The van der Waals surface area contributed by atoms with Crippen molar-refractivity contribution in [3.05, 3.63) is 35.9 Å². The number of amides is 2. The molecular formula is C29H46N4O2. The maximum absolute atomic E-state index is 14.1. The molecule has 4 rings (SSSR count). The van der Waals surface area contributed by atoms with Crippen LogP contribution in [-0.2, 0) is 16.0 Å². The fourth-order valence-electron chi connectivity index (χ4n) is 6.57. The molecule has 6 heteroatoms. The number of nitrogens with one attached hydrogen (secondary N) is 2. The summed E-state index contributed by atoms with van der Waals surface area (Å²) < 4.78 is 0. The van der Waals surface area contributed by atoms with Gasteiger partial charge in [-0.1, -0.05) is 56.5 Å². The SMILES string of the molecule is CNC[C@@H](C)C(=O)N[C@H](C(=O)N1CC[C@H]2CCCN(CCc3ccccc3)C[C@H]21)C1CCCCC1. The number of carbonyl (C=O) groups is 2. The van der Waals surface area contributed by atoms with Crippen molar-refractivity contribution >= 4 is 11.8 Å². The van der Waals surface area contributed by atoms with Gasteiger partial charge in [0.1, 0.15) is 6.04 Å². The van der Waals surface area contributed by atoms with Crippen molar-refractivity contribution in [2.24, 2.45) is 17.8 Å². The van der Waals surface area contributed by atoms with Crippen LogP contribution in [0.15, 0.2) is 30.3 Å². The van der Waals surface area contributed by atoms with E-state index in [9.17, 15) is 9.59 Å². The van der Waals surface area contributed by atoms with Gasteiger partial charge >= 0.3 is 0 Å². The monoisotopic (exact) mass is 482 g/mol. The molecule has 1 aromatic rings. The molecule has 0 radical (unpaired) electrons. The quantitative estimate of drug-likeness (QED) is 0.566. The van der Waals surface area contributed by atoms with Crippen LogP contribution in [0.1, 0.15) is 63.9 Å². The molecule has 1 saturated carbocycles. The molecule has 0 bridgehead atoms. The third-order valence-electron chi connectivity index (χ3n) is 8.67. The highest BCUT2D eigenvalue weighted by molar-refractivity contribution is 5.89. The van der Waals surface area contributed by atoms with E-state index < -0.39 is 0 Å². The Balaban J connectivity index is 1.45. The highest BCUT2D eigenvalue weighted by Crippen LogP contribution is 2.34. The molecule has 1 aromatic carbocycles. The van der Waals surface area contributed by atoms with E-state index in [2.05, 4.69) is 50.8 Å². The molecule has 3 fully saturated rings. The van der Waals surface area contributed by atoms with E-state index in [1.807, 2.05) is 14.0 Å². The summed E-state index contributed by atoms with van der Waals surface area (Å²) in [7, 11) is 1.87. The molecule has 0 spiro atoms. The van der Waals surface area contributed by atoms with Gasteiger partial charge in [0.05, 0.1) is 0 Å². The van der Waals surface area contributed by atoms with Gasteiger partial charge in [0.2, 0.25) is 11.8 Å². The van der Waals surface area contributed by atoms with E-state index >= 15 is 0 Å². The molecule has 2 aliphatic heterocycles. The minimum absolute atomic E-state index is 0.00405. The summed E-state index contributed by atoms with van der Waals surface area (Å²) >= 11 is 0. The van der Waals surface area contributed by atoms with E-state index in [4.69, 9.17) is 0 Å². The number of benzene rings is 1. The topological polar surface area (TPSA) is 64.7 Å². The zero-order chi connectivity index (χ0) is 24.6. The molecule has 2 N–H and O–H groups in total. The molecule has 2 saturated heterocycles. The Morgan fingerprint density at radius 2 is 1.77 bits per heavy atom. The minimum Gasteiger partial charge on any atom is -0.344 e. The third-order valence-corrected chi connectivity index (χ3v) is 8.67. The second kappa shape index (κ2) is 12.9. The first-order valence-corrected chi connectivity index (χ1v) is 14.1. The largest absolute Gasteiger partial charge is 0.344 e. The molecule has 4 atom stereocenters. The van der Waals surface area contributed by atoms with Crippen LogP contribution in [0, 0.1) is 17.8 Å². The van der Waals surface area contributed by atoms with Crippen LogP contribution in [-0.4, -0.2) is 73.5 Å². The van der Waals surface area contributed by atoms with Crippen LogP contribution < -0.4 is 10.6 Å². The number of nitrogens with zero attached hydrogens (tertiary/aromatic N) is 2. The van der Waals surface area contributed by atoms with Gasteiger partial charge in [0.15, 0.2) is 0 Å². The van der Waals surface area contributed by atoms with Crippen LogP contribution >= 0.6 is 0 Å². The van der Waals surface area contributed by atoms with Crippen LogP contribution in [0.25, 0.3) is 0 Å². The molecule has 35 heavy (non-hydrogen) atoms. The predicted octanol–water partition coefficient (Wildman–Crippen LogP) is 3.46. The molecule has 2 amide bonds. The van der Waals surface area contributed by atoms with E-state index in [-0.39, 0.29) is 35.7 Å². The average molecular weight is 483 g/mol. The normalized spacial score (nSPS) is 25.5. The van der Waals surface area contributed by atoms with Crippen molar-refractivity contribution in [1.29, 1.82) is 0 Å². The summed E-state index contributed by atoms with van der Waals surface area (Å²) in [6.45, 7) is 6.53. The molecule has 6 nitrogen and oxygen atoms in total. The van der Waals surface area contributed by atoms with E-state index in [1.54, 1.807) is 0 Å². The van der Waals surface area contributed by atoms with Crippen LogP contribution in [0.2, 0.25) is 0 Å². The number of likely N-dealkylation sites (tertiary alicyclic amines) is 2. The highest BCUT2D eigenvalue weighted by atomic mass is 16.2. The van der Waals surface area contributed by atoms with Gasteiger partial charge < -0.3 is 20.4 Å². The van der Waals surface area contributed by atoms with Gasteiger partial charge in [-0.25, -0.2) is 0 Å². The number of hydrogen-bond acceptors (Lipinski definition) is 4. The highest BCUT2D eigenvalue weighted by Gasteiger charge is 2.43. The van der Waals surface area contributed by atoms with Crippen molar-refractivity contribution in [3.8, 4) is 0 Å². The zero-order valence-electron chi connectivity index (χ0n) is 21.9. The van der Waals surface area contributed by atoms with Gasteiger partial charge in [0.25, 0.3) is 0 Å². The first kappa shape index (κ1) is 26.2. The van der Waals surface area contributed by atoms with Crippen molar-refractivity contribution in [1.82, 2.24) is 20.4 Å². The first-order valence-electron chi connectivity index (χ1n) is 14.1. The van der Waals surface area contributed by atoms with E-state index in [0.717, 1.165) is 64.7 Å². The summed E-state index contributed by atoms with van der Waals surface area (Å²) in [5.41, 5.74) is 1.38. The molecule has 1 aliphatic carbocycles. The third kappa shape index (κ3) is 6.85. The van der Waals surface area contributed by atoms with Crippen molar-refractivity contribution in [2.45, 2.75) is 76.8 Å². The summed E-state index contributed by atoms with van der Waals surface area (Å²) in [5, 5.41) is 6.33. The molecular weight excluding hydrogens is 436 g/mol. The Labute approximate surface area is 212 Å². The van der Waals surface area contributed by atoms with E-state index in [0.29, 0.717) is 12.5 Å². The van der Waals surface area contributed by atoms with Crippen LogP contribution in [0.3, 0.4) is 0 Å². The fourth-order valence-corrected chi connectivity index (χ4v) is 6.57. The lowest BCUT2D eigenvalue weighted by Gasteiger charge is -2.37. The Kier molecular flexibility index (Phi) is 9.61. The molecule has 2 heterocycles. The molecule has 3 aliphatic rings. The van der Waals surface area contributed by atoms with Crippen molar-refractivity contribution in [2.75, 3.05) is 39.8 Å². The van der Waals surface area contributed by atoms with Crippen molar-refractivity contribution in [3.63, 3.8) is 0 Å². The minimum atomic E-state index is -0.373. The Morgan fingerprint density at radius 3 is 2.51 bits per heavy atom. The molecule has 0 unspecified atom stereocenters. The summed E-state index contributed by atoms with van der Waals surface area (Å²) in [5.74, 6) is 0.896. The average Bonchev–Trinajstić information content (AvgIpc) is 3.17. The number of rotatable bonds is 9. The van der Waals surface area contributed by atoms with Gasteiger partial charge in [0, 0.05) is 38.1 Å². The Morgan fingerprint density at radius 1 is 1.00 bits per heavy atom.